The van der Waals surface area contributed by atoms with Gasteiger partial charge in [0.05, 0.1) is 5.56 Å². The molecule has 33 heavy (non-hydrogen) atoms. The monoisotopic (exact) mass is 452 g/mol. The van der Waals surface area contributed by atoms with Crippen molar-refractivity contribution in [3.8, 4) is 11.1 Å². The van der Waals surface area contributed by atoms with Crippen LogP contribution in [0.5, 0.6) is 0 Å². The Bertz CT molecular complexity index is 1680. The Labute approximate surface area is 193 Å². The highest BCUT2D eigenvalue weighted by Gasteiger charge is 2.19. The van der Waals surface area contributed by atoms with Gasteiger partial charge < -0.3 is 9.97 Å². The summed E-state index contributed by atoms with van der Waals surface area (Å²) in [7, 11) is 0. The highest BCUT2D eigenvalue weighted by Crippen LogP contribution is 2.31. The lowest BCUT2D eigenvalue weighted by molar-refractivity contribution is 0.104. The van der Waals surface area contributed by atoms with Crippen LogP contribution in [-0.4, -0.2) is 15.8 Å². The van der Waals surface area contributed by atoms with Crippen molar-refractivity contribution >= 4 is 45.3 Å². The molecule has 5 nitrogen and oxygen atoms in total. The molecule has 0 aliphatic heterocycles. The summed E-state index contributed by atoms with van der Waals surface area (Å²) in [5.41, 5.74) is 1.99. The molecule has 5 rings (SSSR count). The maximum atomic E-state index is 13.3. The normalized spacial score (nSPS) is 11.4. The van der Waals surface area contributed by atoms with Crippen LogP contribution in [0.4, 0.5) is 0 Å². The quantitative estimate of drug-likeness (QED) is 0.275. The first kappa shape index (κ1) is 20.7. The van der Waals surface area contributed by atoms with Gasteiger partial charge in [0.25, 0.3) is 11.1 Å². The number of aromatic amines is 2. The van der Waals surface area contributed by atoms with Gasteiger partial charge in [-0.3, -0.25) is 14.4 Å². The van der Waals surface area contributed by atoms with Crippen molar-refractivity contribution in [1.29, 1.82) is 0 Å². The van der Waals surface area contributed by atoms with Crippen LogP contribution in [0.2, 0.25) is 5.02 Å². The molecule has 0 fully saturated rings. The molecule has 0 bridgehead atoms. The van der Waals surface area contributed by atoms with Crippen molar-refractivity contribution in [3.05, 3.63) is 122 Å². The van der Waals surface area contributed by atoms with Crippen LogP contribution in [0.25, 0.3) is 39.0 Å². The number of pyridine rings is 2. The lowest BCUT2D eigenvalue weighted by Gasteiger charge is -2.11. The molecule has 3 aromatic carbocycles. The van der Waals surface area contributed by atoms with Crippen LogP contribution in [0.15, 0.2) is 94.5 Å². The number of allylic oxidation sites excluding steroid dienone is 1. The summed E-state index contributed by atoms with van der Waals surface area (Å²) in [5.74, 6) is -0.510. The number of para-hydroxylation sites is 1. The number of ketones is 1. The fourth-order valence-corrected chi connectivity index (χ4v) is 4.11. The van der Waals surface area contributed by atoms with E-state index in [4.69, 9.17) is 11.6 Å². The summed E-state index contributed by atoms with van der Waals surface area (Å²) >= 11 is 6.23. The number of carbonyl (C=O) groups is 1. The largest absolute Gasteiger partial charge is 0.321 e. The standard InChI is InChI=1S/C27H17ClN2O3/c28-19-11-12-22-20(15-19)24(16-6-2-1-3-7-16)25(27(33)30-22)23(31)13-10-18-14-17-8-4-5-9-21(17)29-26(18)32/h1-15H,(H,29,32)(H,30,33)/b13-10-. The Morgan fingerprint density at radius 1 is 0.788 bits per heavy atom. The second-order valence-corrected chi connectivity index (χ2v) is 8.04. The highest BCUT2D eigenvalue weighted by atomic mass is 35.5. The molecule has 160 valence electrons. The molecule has 0 unspecified atom stereocenters. The van der Waals surface area contributed by atoms with Crippen LogP contribution < -0.4 is 11.1 Å². The number of benzene rings is 3. The van der Waals surface area contributed by atoms with E-state index in [-0.39, 0.29) is 11.1 Å². The summed E-state index contributed by atoms with van der Waals surface area (Å²) in [6.07, 6.45) is 2.69. The van der Waals surface area contributed by atoms with Gasteiger partial charge in [-0.15, -0.1) is 0 Å². The summed E-state index contributed by atoms with van der Waals surface area (Å²) in [6, 6.07) is 23.4. The minimum Gasteiger partial charge on any atom is -0.321 e. The van der Waals surface area contributed by atoms with E-state index < -0.39 is 11.3 Å². The Morgan fingerprint density at radius 2 is 1.52 bits per heavy atom. The molecule has 2 N–H and O–H groups in total. The fraction of sp³-hybridized carbons (Fsp3) is 0. The van der Waals surface area contributed by atoms with Crippen LogP contribution in [-0.2, 0) is 0 Å². The Kier molecular flexibility index (Phi) is 5.24. The molecule has 2 heterocycles. The number of hydrogen-bond acceptors (Lipinski definition) is 3. The van der Waals surface area contributed by atoms with E-state index >= 15 is 0 Å². The third-order valence-electron chi connectivity index (χ3n) is 5.48. The molecule has 5 aromatic rings. The zero-order chi connectivity index (χ0) is 22.9. The Morgan fingerprint density at radius 3 is 2.33 bits per heavy atom. The molecule has 0 atom stereocenters. The number of fused-ring (bicyclic) bond motifs is 2. The molecule has 0 saturated heterocycles. The van der Waals surface area contributed by atoms with Crippen LogP contribution in [0.3, 0.4) is 0 Å². The molecule has 0 radical (unpaired) electrons. The second-order valence-electron chi connectivity index (χ2n) is 7.60. The first-order valence-electron chi connectivity index (χ1n) is 10.3. The van der Waals surface area contributed by atoms with Gasteiger partial charge in [-0.2, -0.15) is 0 Å². The third kappa shape index (κ3) is 3.90. The van der Waals surface area contributed by atoms with Gasteiger partial charge in [0.2, 0.25) is 0 Å². The lowest BCUT2D eigenvalue weighted by atomic mass is 9.94. The number of rotatable bonds is 4. The zero-order valence-corrected chi connectivity index (χ0v) is 18.0. The van der Waals surface area contributed by atoms with Crippen LogP contribution in [0.1, 0.15) is 15.9 Å². The van der Waals surface area contributed by atoms with Crippen LogP contribution >= 0.6 is 11.6 Å². The van der Waals surface area contributed by atoms with Crippen molar-refractivity contribution in [2.75, 3.05) is 0 Å². The van der Waals surface area contributed by atoms with Gasteiger partial charge in [0.1, 0.15) is 0 Å². The molecule has 6 heteroatoms. The number of H-pyrrole nitrogens is 2. The number of hydrogen-bond donors (Lipinski definition) is 2. The number of nitrogens with one attached hydrogen (secondary N) is 2. The molecular formula is C27H17ClN2O3. The topological polar surface area (TPSA) is 82.8 Å². The number of carbonyl (C=O) groups excluding carboxylic acids is 1. The van der Waals surface area contributed by atoms with Gasteiger partial charge >= 0.3 is 0 Å². The molecule has 0 aliphatic rings. The van der Waals surface area contributed by atoms with Gasteiger partial charge in [0.15, 0.2) is 5.78 Å². The van der Waals surface area contributed by atoms with Crippen molar-refractivity contribution in [1.82, 2.24) is 9.97 Å². The molecule has 0 spiro atoms. The maximum Gasteiger partial charge on any atom is 0.260 e. The van der Waals surface area contributed by atoms with E-state index in [2.05, 4.69) is 9.97 Å². The summed E-state index contributed by atoms with van der Waals surface area (Å²) in [5, 5.41) is 1.99. The Balaban J connectivity index is 1.68. The van der Waals surface area contributed by atoms with Crippen LogP contribution in [0, 0.1) is 0 Å². The Hall–Kier alpha value is -4.22. The van der Waals surface area contributed by atoms with Crippen molar-refractivity contribution in [3.63, 3.8) is 0 Å². The fourth-order valence-electron chi connectivity index (χ4n) is 3.94. The first-order valence-corrected chi connectivity index (χ1v) is 10.6. The smallest absolute Gasteiger partial charge is 0.260 e. The maximum absolute atomic E-state index is 13.3. The van der Waals surface area contributed by atoms with Gasteiger partial charge in [-0.1, -0.05) is 60.1 Å². The van der Waals surface area contributed by atoms with E-state index in [1.54, 1.807) is 30.3 Å². The minimum absolute atomic E-state index is 0.00978. The van der Waals surface area contributed by atoms with E-state index in [9.17, 15) is 14.4 Å². The van der Waals surface area contributed by atoms with E-state index in [1.165, 1.54) is 12.2 Å². The predicted molar refractivity (Wildman–Crippen MR) is 133 cm³/mol. The average molecular weight is 453 g/mol. The van der Waals surface area contributed by atoms with Gasteiger partial charge in [-0.25, -0.2) is 0 Å². The zero-order valence-electron chi connectivity index (χ0n) is 17.3. The summed E-state index contributed by atoms with van der Waals surface area (Å²) in [6.45, 7) is 0. The molecule has 0 saturated carbocycles. The third-order valence-corrected chi connectivity index (χ3v) is 5.72. The molecule has 0 aliphatic carbocycles. The number of halogens is 1. The number of aromatic nitrogens is 2. The first-order chi connectivity index (χ1) is 16.0. The average Bonchev–Trinajstić information content (AvgIpc) is 2.82. The highest BCUT2D eigenvalue weighted by molar-refractivity contribution is 6.31. The van der Waals surface area contributed by atoms with Crippen molar-refractivity contribution < 1.29 is 4.79 Å². The summed E-state index contributed by atoms with van der Waals surface area (Å²) in [4.78, 5) is 44.3. The SMILES string of the molecule is O=C(/C=C\c1cc2ccccc2[nH]c1=O)c1c(-c2ccccc2)c2cc(Cl)ccc2[nH]c1=O. The second kappa shape index (κ2) is 8.37. The van der Waals surface area contributed by atoms with Crippen molar-refractivity contribution in [2.45, 2.75) is 0 Å². The van der Waals surface area contributed by atoms with Gasteiger partial charge in [0, 0.05) is 32.6 Å². The van der Waals surface area contributed by atoms with Crippen molar-refractivity contribution in [2.24, 2.45) is 0 Å². The predicted octanol–water partition coefficient (Wildman–Crippen LogP) is 5.59. The van der Waals surface area contributed by atoms with Gasteiger partial charge in [-0.05, 0) is 53.4 Å². The molecule has 0 amide bonds. The minimum atomic E-state index is -0.510. The van der Waals surface area contributed by atoms with E-state index in [0.29, 0.717) is 32.6 Å². The molecule has 2 aromatic heterocycles. The summed E-state index contributed by atoms with van der Waals surface area (Å²) < 4.78 is 0. The molecular weight excluding hydrogens is 436 g/mol. The van der Waals surface area contributed by atoms with E-state index in [1.807, 2.05) is 48.5 Å². The van der Waals surface area contributed by atoms with E-state index in [0.717, 1.165) is 10.9 Å². The lowest BCUT2D eigenvalue weighted by Crippen LogP contribution is -2.19.